The molecular weight excluding hydrogens is 436 g/mol. The number of benzene rings is 2. The smallest absolute Gasteiger partial charge is 0.407 e. The van der Waals surface area contributed by atoms with E-state index in [4.69, 9.17) is 9.47 Å². The van der Waals surface area contributed by atoms with Crippen LogP contribution in [0.1, 0.15) is 37.3 Å². The Bertz CT molecular complexity index is 1030. The summed E-state index contributed by atoms with van der Waals surface area (Å²) in [6.45, 7) is 4.26. The molecule has 2 aromatic carbocycles. The Balaban J connectivity index is 1.39. The summed E-state index contributed by atoms with van der Waals surface area (Å²) in [7, 11) is 0. The highest BCUT2D eigenvalue weighted by atomic mass is 16.5. The minimum absolute atomic E-state index is 0.0711. The summed E-state index contributed by atoms with van der Waals surface area (Å²) in [5, 5.41) is 12.1. The SMILES string of the molecule is CCCN(C(=O)[C@H](C)NC(=O)OCC1c2ccccc2-c2ccccc21)C1COCC1C(=O)O. The van der Waals surface area contributed by atoms with Gasteiger partial charge >= 0.3 is 12.1 Å². The fourth-order valence-corrected chi connectivity index (χ4v) is 4.89. The minimum atomic E-state index is -0.992. The molecule has 0 radical (unpaired) electrons. The molecule has 1 aliphatic heterocycles. The van der Waals surface area contributed by atoms with Crippen LogP contribution in [0.15, 0.2) is 48.5 Å². The van der Waals surface area contributed by atoms with Crippen LogP contribution in [0, 0.1) is 5.92 Å². The molecule has 0 bridgehead atoms. The van der Waals surface area contributed by atoms with Crippen LogP contribution in [0.4, 0.5) is 4.79 Å². The van der Waals surface area contributed by atoms with E-state index in [-0.39, 0.29) is 31.6 Å². The van der Waals surface area contributed by atoms with Gasteiger partial charge in [0.05, 0.1) is 19.3 Å². The first-order valence-corrected chi connectivity index (χ1v) is 11.6. The number of nitrogens with zero attached hydrogens (tertiary/aromatic N) is 1. The predicted molar refractivity (Wildman–Crippen MR) is 125 cm³/mol. The molecule has 1 saturated heterocycles. The Hall–Kier alpha value is -3.39. The van der Waals surface area contributed by atoms with E-state index >= 15 is 0 Å². The Kier molecular flexibility index (Phi) is 7.17. The molecule has 4 rings (SSSR count). The quantitative estimate of drug-likeness (QED) is 0.619. The molecule has 8 heteroatoms. The van der Waals surface area contributed by atoms with Gasteiger partial charge in [0.25, 0.3) is 0 Å². The molecule has 2 unspecified atom stereocenters. The summed E-state index contributed by atoms with van der Waals surface area (Å²) in [6.07, 6.45) is -0.0247. The van der Waals surface area contributed by atoms with Crippen molar-refractivity contribution in [3.05, 3.63) is 59.7 Å². The van der Waals surface area contributed by atoms with Crippen LogP contribution < -0.4 is 5.32 Å². The van der Waals surface area contributed by atoms with Crippen molar-refractivity contribution in [3.63, 3.8) is 0 Å². The van der Waals surface area contributed by atoms with Gasteiger partial charge in [-0.3, -0.25) is 9.59 Å². The van der Waals surface area contributed by atoms with Gasteiger partial charge in [-0.25, -0.2) is 4.79 Å². The zero-order chi connectivity index (χ0) is 24.2. The highest BCUT2D eigenvalue weighted by Crippen LogP contribution is 2.44. The van der Waals surface area contributed by atoms with Crippen LogP contribution in [-0.4, -0.2) is 66.4 Å². The standard InChI is InChI=1S/C26H30N2O6/c1-3-12-28(23-15-33-13-22(23)25(30)31)24(29)16(2)27-26(32)34-14-21-19-10-6-4-8-17(19)18-9-5-7-11-20(18)21/h4-11,16,21-23H,3,12-15H2,1-2H3,(H,27,32)(H,30,31)/t16-,22?,23?/m0/s1. The first kappa shape index (κ1) is 23.8. The van der Waals surface area contributed by atoms with Crippen molar-refractivity contribution < 1.29 is 29.0 Å². The third-order valence-electron chi connectivity index (χ3n) is 6.56. The molecular formula is C26H30N2O6. The second kappa shape index (κ2) is 10.3. The lowest BCUT2D eigenvalue weighted by molar-refractivity contribution is -0.145. The molecule has 3 atom stereocenters. The van der Waals surface area contributed by atoms with Gasteiger partial charge in [-0.05, 0) is 35.6 Å². The monoisotopic (exact) mass is 466 g/mol. The maximum Gasteiger partial charge on any atom is 0.407 e. The van der Waals surface area contributed by atoms with E-state index in [1.807, 2.05) is 43.3 Å². The molecule has 1 heterocycles. The van der Waals surface area contributed by atoms with Gasteiger partial charge in [-0.2, -0.15) is 0 Å². The van der Waals surface area contributed by atoms with Crippen LogP contribution >= 0.6 is 0 Å². The first-order valence-electron chi connectivity index (χ1n) is 11.6. The second-order valence-electron chi connectivity index (χ2n) is 8.77. The molecule has 0 aromatic heterocycles. The highest BCUT2D eigenvalue weighted by molar-refractivity contribution is 5.86. The molecule has 2 aliphatic rings. The minimum Gasteiger partial charge on any atom is -0.481 e. The number of carbonyl (C=O) groups excluding carboxylic acids is 2. The number of fused-ring (bicyclic) bond motifs is 3. The number of ether oxygens (including phenoxy) is 2. The van der Waals surface area contributed by atoms with Crippen molar-refractivity contribution in [3.8, 4) is 11.1 Å². The summed E-state index contributed by atoms with van der Waals surface area (Å²) in [4.78, 5) is 38.8. The molecule has 180 valence electrons. The molecule has 2 N–H and O–H groups in total. The number of nitrogens with one attached hydrogen (secondary N) is 1. The largest absolute Gasteiger partial charge is 0.481 e. The Labute approximate surface area is 198 Å². The highest BCUT2D eigenvalue weighted by Gasteiger charge is 2.41. The fourth-order valence-electron chi connectivity index (χ4n) is 4.89. The number of aliphatic carboxylic acids is 1. The Morgan fingerprint density at radius 3 is 2.29 bits per heavy atom. The summed E-state index contributed by atoms with van der Waals surface area (Å²) in [5.74, 6) is -2.20. The molecule has 0 saturated carbocycles. The molecule has 0 spiro atoms. The lowest BCUT2D eigenvalue weighted by atomic mass is 9.98. The number of rotatable bonds is 8. The number of carboxylic acid groups (broad SMARTS) is 1. The molecule has 2 aromatic rings. The number of alkyl carbamates (subject to hydrolysis) is 1. The van der Waals surface area contributed by atoms with Gasteiger partial charge < -0.3 is 24.8 Å². The van der Waals surface area contributed by atoms with Crippen LogP contribution in [-0.2, 0) is 19.1 Å². The van der Waals surface area contributed by atoms with E-state index < -0.39 is 30.1 Å². The number of carboxylic acids is 1. The maximum atomic E-state index is 13.1. The zero-order valence-electron chi connectivity index (χ0n) is 19.4. The van der Waals surface area contributed by atoms with Crippen molar-refractivity contribution in [2.45, 2.75) is 38.3 Å². The van der Waals surface area contributed by atoms with E-state index in [1.165, 1.54) is 4.90 Å². The molecule has 1 fully saturated rings. The van der Waals surface area contributed by atoms with Crippen LogP contribution in [0.25, 0.3) is 11.1 Å². The van der Waals surface area contributed by atoms with Gasteiger partial charge in [0, 0.05) is 12.5 Å². The molecule has 8 nitrogen and oxygen atoms in total. The molecule has 1 aliphatic carbocycles. The van der Waals surface area contributed by atoms with Crippen molar-refractivity contribution in [2.24, 2.45) is 5.92 Å². The third-order valence-corrected chi connectivity index (χ3v) is 6.56. The Morgan fingerprint density at radius 2 is 1.71 bits per heavy atom. The number of amides is 2. The summed E-state index contributed by atoms with van der Waals surface area (Å²) in [5.41, 5.74) is 4.49. The zero-order valence-corrected chi connectivity index (χ0v) is 19.4. The third kappa shape index (κ3) is 4.63. The summed E-state index contributed by atoms with van der Waals surface area (Å²) < 4.78 is 10.9. The van der Waals surface area contributed by atoms with Crippen LogP contribution in [0.3, 0.4) is 0 Å². The maximum absolute atomic E-state index is 13.1. The van der Waals surface area contributed by atoms with Gasteiger partial charge in [0.1, 0.15) is 18.6 Å². The second-order valence-corrected chi connectivity index (χ2v) is 8.77. The summed E-state index contributed by atoms with van der Waals surface area (Å²) >= 11 is 0. The normalized spacial score (nSPS) is 19.7. The van der Waals surface area contributed by atoms with Gasteiger partial charge in [-0.1, -0.05) is 55.5 Å². The number of carbonyl (C=O) groups is 3. The lowest BCUT2D eigenvalue weighted by Crippen LogP contribution is -2.53. The van der Waals surface area contributed by atoms with Crippen molar-refractivity contribution in [1.82, 2.24) is 10.2 Å². The number of hydrogen-bond donors (Lipinski definition) is 2. The molecule has 34 heavy (non-hydrogen) atoms. The predicted octanol–water partition coefficient (Wildman–Crippen LogP) is 3.25. The van der Waals surface area contributed by atoms with Crippen molar-refractivity contribution in [1.29, 1.82) is 0 Å². The van der Waals surface area contributed by atoms with Crippen molar-refractivity contribution in [2.75, 3.05) is 26.4 Å². The first-order chi connectivity index (χ1) is 16.4. The van der Waals surface area contributed by atoms with E-state index in [9.17, 15) is 19.5 Å². The van der Waals surface area contributed by atoms with Gasteiger partial charge in [0.2, 0.25) is 5.91 Å². The average Bonchev–Trinajstić information content (AvgIpc) is 3.44. The fraction of sp³-hybridized carbons (Fsp3) is 0.423. The van der Waals surface area contributed by atoms with Gasteiger partial charge in [0.15, 0.2) is 0 Å². The summed E-state index contributed by atoms with van der Waals surface area (Å²) in [6, 6.07) is 14.7. The number of hydrogen-bond acceptors (Lipinski definition) is 5. The molecule has 2 amide bonds. The Morgan fingerprint density at radius 1 is 1.09 bits per heavy atom. The lowest BCUT2D eigenvalue weighted by Gasteiger charge is -2.32. The van der Waals surface area contributed by atoms with E-state index in [2.05, 4.69) is 17.4 Å². The van der Waals surface area contributed by atoms with E-state index in [0.717, 1.165) is 22.3 Å². The van der Waals surface area contributed by atoms with Crippen LogP contribution in [0.5, 0.6) is 0 Å². The van der Waals surface area contributed by atoms with Crippen molar-refractivity contribution >= 4 is 18.0 Å². The van der Waals surface area contributed by atoms with Crippen LogP contribution in [0.2, 0.25) is 0 Å². The topological polar surface area (TPSA) is 105 Å². The van der Waals surface area contributed by atoms with E-state index in [0.29, 0.717) is 13.0 Å². The average molecular weight is 467 g/mol. The van der Waals surface area contributed by atoms with E-state index in [1.54, 1.807) is 6.92 Å². The van der Waals surface area contributed by atoms with Gasteiger partial charge in [-0.15, -0.1) is 0 Å².